The van der Waals surface area contributed by atoms with Crippen LogP contribution in [0.15, 0.2) is 53.5 Å². The summed E-state index contributed by atoms with van der Waals surface area (Å²) in [6, 6.07) is 16.4. The lowest BCUT2D eigenvalue weighted by Crippen LogP contribution is -2.41. The first-order chi connectivity index (χ1) is 13.6. The third kappa shape index (κ3) is 6.46. The Morgan fingerprint density at radius 2 is 1.71 bits per heavy atom. The van der Waals surface area contributed by atoms with Crippen LogP contribution >= 0.6 is 0 Å². The number of methoxy groups -OCH3 is 2. The van der Waals surface area contributed by atoms with Gasteiger partial charge in [-0.25, -0.2) is 4.99 Å². The van der Waals surface area contributed by atoms with Crippen molar-refractivity contribution in [3.05, 3.63) is 59.7 Å². The predicted octanol–water partition coefficient (Wildman–Crippen LogP) is 3.06. The number of aliphatic imine (C=N–C) groups is 1. The fourth-order valence-electron chi connectivity index (χ4n) is 2.88. The topological polar surface area (TPSA) is 58.1 Å². The van der Waals surface area contributed by atoms with Crippen LogP contribution in [0.3, 0.4) is 0 Å². The largest absolute Gasteiger partial charge is 0.497 e. The summed E-state index contributed by atoms with van der Waals surface area (Å²) < 4.78 is 10.6. The zero-order valence-corrected chi connectivity index (χ0v) is 17.5. The highest BCUT2D eigenvalue weighted by molar-refractivity contribution is 5.79. The molecule has 6 heteroatoms. The van der Waals surface area contributed by atoms with Gasteiger partial charge in [0, 0.05) is 13.1 Å². The number of likely N-dealkylation sites (N-methyl/N-ethyl adjacent to an activating group) is 1. The van der Waals surface area contributed by atoms with Crippen molar-refractivity contribution in [1.29, 1.82) is 0 Å². The summed E-state index contributed by atoms with van der Waals surface area (Å²) in [6.07, 6.45) is 0. The Labute approximate surface area is 168 Å². The first-order valence-corrected chi connectivity index (χ1v) is 9.52. The standard InChI is InChI=1S/C22H32N4O2/c1-6-23-22(24-15-17-10-12-19(27-4)13-11-17)25-16-21(26(2)3)18-8-7-9-20(14-18)28-5/h7-14,21H,6,15-16H2,1-5H3,(H2,23,24,25). The van der Waals surface area contributed by atoms with Gasteiger partial charge in [-0.05, 0) is 56.4 Å². The van der Waals surface area contributed by atoms with E-state index in [1.54, 1.807) is 14.2 Å². The summed E-state index contributed by atoms with van der Waals surface area (Å²) in [6.45, 7) is 4.20. The number of hydrogen-bond donors (Lipinski definition) is 2. The Balaban J connectivity index is 2.05. The van der Waals surface area contributed by atoms with Crippen molar-refractivity contribution in [3.63, 3.8) is 0 Å². The van der Waals surface area contributed by atoms with Gasteiger partial charge in [-0.3, -0.25) is 0 Å². The summed E-state index contributed by atoms with van der Waals surface area (Å²) in [7, 11) is 7.52. The predicted molar refractivity (Wildman–Crippen MR) is 115 cm³/mol. The van der Waals surface area contributed by atoms with E-state index in [-0.39, 0.29) is 6.04 Å². The highest BCUT2D eigenvalue weighted by Crippen LogP contribution is 2.22. The number of ether oxygens (including phenoxy) is 2. The monoisotopic (exact) mass is 384 g/mol. The fraction of sp³-hybridized carbons (Fsp3) is 0.409. The zero-order chi connectivity index (χ0) is 20.4. The van der Waals surface area contributed by atoms with Crippen molar-refractivity contribution in [2.24, 2.45) is 4.99 Å². The van der Waals surface area contributed by atoms with E-state index in [9.17, 15) is 0 Å². The lowest BCUT2D eigenvalue weighted by molar-refractivity contribution is 0.297. The van der Waals surface area contributed by atoms with Crippen LogP contribution in [-0.4, -0.2) is 52.3 Å². The molecule has 152 valence electrons. The summed E-state index contributed by atoms with van der Waals surface area (Å²) >= 11 is 0. The van der Waals surface area contributed by atoms with E-state index in [0.717, 1.165) is 36.1 Å². The Morgan fingerprint density at radius 1 is 1.00 bits per heavy atom. The molecule has 0 spiro atoms. The first kappa shape index (κ1) is 21.6. The van der Waals surface area contributed by atoms with Gasteiger partial charge in [0.25, 0.3) is 0 Å². The third-order valence-corrected chi connectivity index (χ3v) is 4.49. The van der Waals surface area contributed by atoms with E-state index in [2.05, 4.69) is 48.7 Å². The zero-order valence-electron chi connectivity index (χ0n) is 17.5. The molecule has 0 aliphatic rings. The quantitative estimate of drug-likeness (QED) is 0.514. The molecule has 1 unspecified atom stereocenters. The third-order valence-electron chi connectivity index (χ3n) is 4.49. The Kier molecular flexibility index (Phi) is 8.62. The lowest BCUT2D eigenvalue weighted by atomic mass is 10.1. The minimum Gasteiger partial charge on any atom is -0.497 e. The minimum atomic E-state index is 0.194. The summed E-state index contributed by atoms with van der Waals surface area (Å²) in [5.41, 5.74) is 2.33. The second-order valence-corrected chi connectivity index (χ2v) is 6.68. The molecule has 6 nitrogen and oxygen atoms in total. The van der Waals surface area contributed by atoms with Gasteiger partial charge in [-0.1, -0.05) is 24.3 Å². The first-order valence-electron chi connectivity index (χ1n) is 9.52. The van der Waals surface area contributed by atoms with E-state index >= 15 is 0 Å². The number of guanidine groups is 1. The van der Waals surface area contributed by atoms with Crippen molar-refractivity contribution in [2.45, 2.75) is 19.5 Å². The lowest BCUT2D eigenvalue weighted by Gasteiger charge is -2.26. The molecule has 0 radical (unpaired) electrons. The molecule has 1 atom stereocenters. The van der Waals surface area contributed by atoms with Gasteiger partial charge in [0.2, 0.25) is 0 Å². The van der Waals surface area contributed by atoms with E-state index in [1.807, 2.05) is 36.4 Å². The van der Waals surface area contributed by atoms with Crippen molar-refractivity contribution in [1.82, 2.24) is 15.5 Å². The SMILES string of the molecule is CCNC(=NCc1ccc(OC)cc1)NCC(c1cccc(OC)c1)N(C)C. The molecule has 2 aromatic carbocycles. The molecule has 2 N–H and O–H groups in total. The van der Waals surface area contributed by atoms with Crippen LogP contribution in [0.25, 0.3) is 0 Å². The maximum atomic E-state index is 5.37. The fourth-order valence-corrected chi connectivity index (χ4v) is 2.88. The molecular formula is C22H32N4O2. The Hall–Kier alpha value is -2.73. The van der Waals surface area contributed by atoms with Gasteiger partial charge in [-0.15, -0.1) is 0 Å². The summed E-state index contributed by atoms with van der Waals surface area (Å²) in [5, 5.41) is 6.78. The molecule has 0 heterocycles. The smallest absolute Gasteiger partial charge is 0.191 e. The van der Waals surface area contributed by atoms with E-state index in [1.165, 1.54) is 5.56 Å². The summed E-state index contributed by atoms with van der Waals surface area (Å²) in [4.78, 5) is 6.90. The van der Waals surface area contributed by atoms with Gasteiger partial charge in [0.05, 0.1) is 26.8 Å². The maximum Gasteiger partial charge on any atom is 0.191 e. The molecule has 0 aliphatic heterocycles. The maximum absolute atomic E-state index is 5.37. The second kappa shape index (κ2) is 11.2. The van der Waals surface area contributed by atoms with Crippen LogP contribution in [0.5, 0.6) is 11.5 Å². The minimum absolute atomic E-state index is 0.194. The molecule has 28 heavy (non-hydrogen) atoms. The van der Waals surface area contributed by atoms with Crippen molar-refractivity contribution in [3.8, 4) is 11.5 Å². The summed E-state index contributed by atoms with van der Waals surface area (Å²) in [5.74, 6) is 2.52. The van der Waals surface area contributed by atoms with Crippen LogP contribution in [0, 0.1) is 0 Å². The highest BCUT2D eigenvalue weighted by Gasteiger charge is 2.15. The van der Waals surface area contributed by atoms with Crippen LogP contribution in [-0.2, 0) is 6.54 Å². The number of nitrogens with zero attached hydrogens (tertiary/aromatic N) is 2. The average molecular weight is 385 g/mol. The molecule has 0 bridgehead atoms. The molecule has 0 aliphatic carbocycles. The van der Waals surface area contributed by atoms with Gasteiger partial charge in [0.15, 0.2) is 5.96 Å². The van der Waals surface area contributed by atoms with Crippen LogP contribution in [0.4, 0.5) is 0 Å². The van der Waals surface area contributed by atoms with Gasteiger partial charge >= 0.3 is 0 Å². The normalized spacial score (nSPS) is 12.6. The second-order valence-electron chi connectivity index (χ2n) is 6.68. The average Bonchev–Trinajstić information content (AvgIpc) is 2.72. The number of benzene rings is 2. The Bertz CT molecular complexity index is 744. The van der Waals surface area contributed by atoms with Crippen molar-refractivity contribution in [2.75, 3.05) is 41.4 Å². The molecule has 2 aromatic rings. The molecule has 0 saturated carbocycles. The highest BCUT2D eigenvalue weighted by atomic mass is 16.5. The van der Waals surface area contributed by atoms with Crippen LogP contribution in [0.1, 0.15) is 24.1 Å². The van der Waals surface area contributed by atoms with Crippen molar-refractivity contribution < 1.29 is 9.47 Å². The van der Waals surface area contributed by atoms with Crippen molar-refractivity contribution >= 4 is 5.96 Å². The Morgan fingerprint density at radius 3 is 2.32 bits per heavy atom. The van der Waals surface area contributed by atoms with Gasteiger partial charge < -0.3 is 25.0 Å². The number of rotatable bonds is 9. The van der Waals surface area contributed by atoms with E-state index in [0.29, 0.717) is 6.54 Å². The molecular weight excluding hydrogens is 352 g/mol. The van der Waals surface area contributed by atoms with Crippen LogP contribution < -0.4 is 20.1 Å². The molecule has 0 aromatic heterocycles. The molecule has 0 amide bonds. The van der Waals surface area contributed by atoms with E-state index < -0.39 is 0 Å². The van der Waals surface area contributed by atoms with E-state index in [4.69, 9.17) is 14.5 Å². The molecule has 2 rings (SSSR count). The molecule has 0 saturated heterocycles. The number of nitrogens with one attached hydrogen (secondary N) is 2. The van der Waals surface area contributed by atoms with Gasteiger partial charge in [0.1, 0.15) is 11.5 Å². The number of hydrogen-bond acceptors (Lipinski definition) is 4. The van der Waals surface area contributed by atoms with Gasteiger partial charge in [-0.2, -0.15) is 0 Å². The van der Waals surface area contributed by atoms with Crippen LogP contribution in [0.2, 0.25) is 0 Å². The molecule has 0 fully saturated rings.